The maximum Gasteiger partial charge on any atom is 0.249 e. The van der Waals surface area contributed by atoms with Crippen LogP contribution in [0.3, 0.4) is 0 Å². The Labute approximate surface area is 347 Å². The molecule has 328 valence electrons. The van der Waals surface area contributed by atoms with Gasteiger partial charge in [0.1, 0.15) is 12.2 Å². The fourth-order valence-electron chi connectivity index (χ4n) is 7.14. The van der Waals surface area contributed by atoms with Gasteiger partial charge in [0.2, 0.25) is 5.91 Å². The van der Waals surface area contributed by atoms with Crippen molar-refractivity contribution in [2.75, 3.05) is 6.61 Å². The summed E-state index contributed by atoms with van der Waals surface area (Å²) in [5.41, 5.74) is 0. The van der Waals surface area contributed by atoms with E-state index >= 15 is 0 Å². The number of rotatable bonds is 43. The number of aliphatic hydroxyl groups is 4. The lowest BCUT2D eigenvalue weighted by atomic mass is 10.00. The van der Waals surface area contributed by atoms with Crippen LogP contribution < -0.4 is 5.32 Å². The number of amides is 1. The van der Waals surface area contributed by atoms with E-state index < -0.39 is 36.9 Å². The summed E-state index contributed by atoms with van der Waals surface area (Å²) in [6.07, 6.45) is 54.3. The van der Waals surface area contributed by atoms with Gasteiger partial charge in [-0.3, -0.25) is 4.79 Å². The van der Waals surface area contributed by atoms with Gasteiger partial charge < -0.3 is 25.7 Å². The molecule has 0 bridgehead atoms. The molecule has 0 aromatic rings. The fourth-order valence-corrected chi connectivity index (χ4v) is 7.14. The highest BCUT2D eigenvalue weighted by molar-refractivity contribution is 5.80. The number of unbranched alkanes of at least 4 members (excludes halogenated alkanes) is 26. The first-order chi connectivity index (χ1) is 27.5. The van der Waals surface area contributed by atoms with Crippen molar-refractivity contribution in [1.82, 2.24) is 5.32 Å². The van der Waals surface area contributed by atoms with Gasteiger partial charge in [-0.2, -0.15) is 0 Å². The van der Waals surface area contributed by atoms with Crippen LogP contribution in [0.5, 0.6) is 0 Å². The summed E-state index contributed by atoms with van der Waals surface area (Å²) in [7, 11) is 0. The van der Waals surface area contributed by atoms with Crippen molar-refractivity contribution in [3.63, 3.8) is 0 Å². The average molecular weight is 788 g/mol. The van der Waals surface area contributed by atoms with E-state index in [4.69, 9.17) is 0 Å². The second kappa shape index (κ2) is 44.4. The Morgan fingerprint density at radius 3 is 1.14 bits per heavy atom. The van der Waals surface area contributed by atoms with Crippen molar-refractivity contribution in [3.05, 3.63) is 48.6 Å². The predicted octanol–water partition coefficient (Wildman–Crippen LogP) is 13.1. The number of hydrogen-bond acceptors (Lipinski definition) is 5. The van der Waals surface area contributed by atoms with E-state index in [-0.39, 0.29) is 0 Å². The minimum absolute atomic E-state index is 0.353. The number of hydrogen-bond donors (Lipinski definition) is 5. The van der Waals surface area contributed by atoms with Crippen LogP contribution in [0.15, 0.2) is 48.6 Å². The van der Waals surface area contributed by atoms with Gasteiger partial charge in [0, 0.05) is 0 Å². The largest absolute Gasteiger partial charge is 0.394 e. The summed E-state index contributed by atoms with van der Waals surface area (Å²) in [5, 5.41) is 43.7. The van der Waals surface area contributed by atoms with Crippen LogP contribution in [0.2, 0.25) is 0 Å². The molecule has 6 heteroatoms. The molecule has 56 heavy (non-hydrogen) atoms. The van der Waals surface area contributed by atoms with Crippen molar-refractivity contribution >= 4 is 5.91 Å². The highest BCUT2D eigenvalue weighted by Crippen LogP contribution is 2.15. The predicted molar refractivity (Wildman–Crippen MR) is 242 cm³/mol. The number of carbonyl (C=O) groups excluding carboxylic acids is 1. The Hall–Kier alpha value is -1.73. The lowest BCUT2D eigenvalue weighted by molar-refractivity contribution is -0.132. The second-order valence-corrected chi connectivity index (χ2v) is 16.4. The molecule has 0 heterocycles. The third kappa shape index (κ3) is 37.8. The molecule has 0 spiro atoms. The van der Waals surface area contributed by atoms with Gasteiger partial charge in [0.25, 0.3) is 0 Å². The first-order valence-corrected chi connectivity index (χ1v) is 24.0. The van der Waals surface area contributed by atoms with Crippen molar-refractivity contribution in [1.29, 1.82) is 0 Å². The van der Waals surface area contributed by atoms with Gasteiger partial charge in [-0.1, -0.05) is 191 Å². The zero-order chi connectivity index (χ0) is 41.0. The van der Waals surface area contributed by atoms with E-state index in [1.807, 2.05) is 0 Å². The summed E-state index contributed by atoms with van der Waals surface area (Å²) >= 11 is 0. The molecule has 0 fully saturated rings. The van der Waals surface area contributed by atoms with Gasteiger partial charge in [0.15, 0.2) is 0 Å². The average Bonchev–Trinajstić information content (AvgIpc) is 3.20. The minimum Gasteiger partial charge on any atom is -0.394 e. The molecule has 4 unspecified atom stereocenters. The molecule has 0 aliphatic heterocycles. The van der Waals surface area contributed by atoms with Crippen LogP contribution in [0.25, 0.3) is 0 Å². The molecule has 1 amide bonds. The monoisotopic (exact) mass is 788 g/mol. The van der Waals surface area contributed by atoms with E-state index in [1.165, 1.54) is 148 Å². The van der Waals surface area contributed by atoms with Crippen LogP contribution in [0.4, 0.5) is 0 Å². The standard InChI is InChI=1S/C50H93NO5/c1-3-5-7-9-11-13-15-17-19-21-22-23-24-25-26-28-30-32-34-36-38-40-42-44-48(54)50(56)51-46(45-52)49(55)47(53)43-41-39-37-35-33-31-29-27-20-18-16-14-12-10-8-6-4-2/h14,16,25-27,29,35,37,46-49,52-55H,3-13,15,17-24,28,30-34,36,38-45H2,1-2H3,(H,51,56)/b16-14+,26-25-,29-27+,37-35+. The van der Waals surface area contributed by atoms with Crippen LogP contribution >= 0.6 is 0 Å². The molecule has 0 saturated heterocycles. The third-order valence-electron chi connectivity index (χ3n) is 11.0. The lowest BCUT2D eigenvalue weighted by Crippen LogP contribution is -2.53. The molecule has 0 radical (unpaired) electrons. The van der Waals surface area contributed by atoms with Crippen molar-refractivity contribution in [3.8, 4) is 0 Å². The fraction of sp³-hybridized carbons (Fsp3) is 0.820. The smallest absolute Gasteiger partial charge is 0.249 e. The molecule has 4 atom stereocenters. The number of aliphatic hydroxyl groups excluding tert-OH is 4. The molecule has 5 N–H and O–H groups in total. The zero-order valence-electron chi connectivity index (χ0n) is 36.9. The van der Waals surface area contributed by atoms with E-state index in [0.29, 0.717) is 19.3 Å². The SMILES string of the molecule is CCCCCC/C=C/CC/C=C/CC/C=C/CCCC(O)C(O)C(CO)NC(=O)C(O)CCCCCCCCC/C=C\CCCCCCCCCCCCCC. The Morgan fingerprint density at radius 1 is 0.429 bits per heavy atom. The molecule has 0 aromatic heterocycles. The number of nitrogens with one attached hydrogen (secondary N) is 1. The number of carbonyl (C=O) groups is 1. The van der Waals surface area contributed by atoms with Gasteiger partial charge in [-0.25, -0.2) is 0 Å². The van der Waals surface area contributed by atoms with Gasteiger partial charge in [0.05, 0.1) is 18.8 Å². The first kappa shape index (κ1) is 54.3. The van der Waals surface area contributed by atoms with E-state index in [1.54, 1.807) is 0 Å². The van der Waals surface area contributed by atoms with E-state index in [9.17, 15) is 25.2 Å². The van der Waals surface area contributed by atoms with Crippen molar-refractivity contribution in [2.24, 2.45) is 0 Å². The molecule has 0 saturated carbocycles. The highest BCUT2D eigenvalue weighted by atomic mass is 16.3. The highest BCUT2D eigenvalue weighted by Gasteiger charge is 2.28. The summed E-state index contributed by atoms with van der Waals surface area (Å²) in [6, 6.07) is -1.01. The maximum atomic E-state index is 12.5. The molecular weight excluding hydrogens is 695 g/mol. The van der Waals surface area contributed by atoms with Crippen molar-refractivity contribution < 1.29 is 25.2 Å². The molecule has 0 rings (SSSR count). The van der Waals surface area contributed by atoms with Gasteiger partial charge >= 0.3 is 0 Å². The molecule has 6 nitrogen and oxygen atoms in total. The topological polar surface area (TPSA) is 110 Å². The quantitative estimate of drug-likeness (QED) is 0.0312. The van der Waals surface area contributed by atoms with Gasteiger partial charge in [-0.15, -0.1) is 0 Å². The maximum absolute atomic E-state index is 12.5. The molecule has 0 aromatic carbocycles. The van der Waals surface area contributed by atoms with Crippen LogP contribution in [-0.4, -0.2) is 57.3 Å². The van der Waals surface area contributed by atoms with E-state index in [0.717, 1.165) is 51.4 Å². The Balaban J connectivity index is 3.77. The Kier molecular flexibility index (Phi) is 43.0. The van der Waals surface area contributed by atoms with Crippen LogP contribution in [-0.2, 0) is 4.79 Å². The lowest BCUT2D eigenvalue weighted by Gasteiger charge is -2.27. The Bertz CT molecular complexity index is 930. The second-order valence-electron chi connectivity index (χ2n) is 16.4. The van der Waals surface area contributed by atoms with Crippen LogP contribution in [0.1, 0.15) is 232 Å². The Morgan fingerprint density at radius 2 is 0.750 bits per heavy atom. The van der Waals surface area contributed by atoms with E-state index in [2.05, 4.69) is 67.8 Å². The third-order valence-corrected chi connectivity index (χ3v) is 11.0. The summed E-state index contributed by atoms with van der Waals surface area (Å²) in [5.74, 6) is -0.603. The van der Waals surface area contributed by atoms with Gasteiger partial charge in [-0.05, 0) is 89.9 Å². The summed E-state index contributed by atoms with van der Waals surface area (Å²) in [6.45, 7) is 4.02. The van der Waals surface area contributed by atoms with Crippen LogP contribution in [0, 0.1) is 0 Å². The minimum atomic E-state index is -1.30. The number of allylic oxidation sites excluding steroid dienone is 8. The van der Waals surface area contributed by atoms with Crippen molar-refractivity contribution in [2.45, 2.75) is 257 Å². The first-order valence-electron chi connectivity index (χ1n) is 24.0. The summed E-state index contributed by atoms with van der Waals surface area (Å²) < 4.78 is 0. The molecule has 0 aliphatic rings. The molecular formula is C50H93NO5. The zero-order valence-corrected chi connectivity index (χ0v) is 36.9. The summed E-state index contributed by atoms with van der Waals surface area (Å²) in [4.78, 5) is 12.5. The normalized spacial score (nSPS) is 14.5. The molecule has 0 aliphatic carbocycles.